The van der Waals surface area contributed by atoms with Crippen molar-refractivity contribution in [3.8, 4) is 33.6 Å². The molecular weight excluding hydrogens is 766 g/mol. The van der Waals surface area contributed by atoms with E-state index in [1.54, 1.807) is 18.3 Å². The first kappa shape index (κ1) is 33.1. The third kappa shape index (κ3) is 6.92. The second-order valence-electron chi connectivity index (χ2n) is 12.3. The smallest absolute Gasteiger partial charge is 0.219 e. The number of nitrogens with zero attached hydrogens (tertiary/aromatic N) is 3. The summed E-state index contributed by atoms with van der Waals surface area (Å²) in [4.78, 5) is 13.3. The van der Waals surface area contributed by atoms with Crippen molar-refractivity contribution in [3.05, 3.63) is 133 Å². The quantitative estimate of drug-likeness (QED) is 0.129. The Balaban J connectivity index is 0.000000178. The van der Waals surface area contributed by atoms with Gasteiger partial charge in [0.25, 0.3) is 0 Å². The molecule has 0 aliphatic rings. The van der Waals surface area contributed by atoms with Gasteiger partial charge in [0.2, 0.25) is 5.71 Å². The molecule has 4 nitrogen and oxygen atoms in total. The minimum absolute atomic E-state index is 0. The van der Waals surface area contributed by atoms with Crippen LogP contribution in [0.15, 0.2) is 114 Å². The summed E-state index contributed by atoms with van der Waals surface area (Å²) < 4.78 is 19.9. The molecule has 0 saturated carbocycles. The van der Waals surface area contributed by atoms with E-state index in [9.17, 15) is 4.39 Å². The standard InChI is InChI=1S/C20H20NSi.C19H14FN2O.Ir/c1-22(2,3)20-15-21-19(17-12-8-5-9-13-17)14-18(20)16-10-6-4-7-11-16;1-11(2)12-6-8-21-16(10-12)13-4-3-5-14-17-15(20)7-9-22-19(17)23-18(13)14;/h4-12,14-15H,1-3H3;3,5-11H,1-2H3;/q2*-1;. The molecule has 0 bridgehead atoms. The molecule has 46 heavy (non-hydrogen) atoms. The van der Waals surface area contributed by atoms with Gasteiger partial charge >= 0.3 is 0 Å². The van der Waals surface area contributed by atoms with Gasteiger partial charge in [-0.15, -0.1) is 54.1 Å². The van der Waals surface area contributed by atoms with Crippen LogP contribution in [0.3, 0.4) is 0 Å². The van der Waals surface area contributed by atoms with E-state index in [1.807, 2.05) is 30.3 Å². The number of halogens is 1. The average Bonchev–Trinajstić information content (AvgIpc) is 3.45. The molecule has 233 valence electrons. The fourth-order valence-corrected chi connectivity index (χ4v) is 6.84. The number of aromatic nitrogens is 3. The topological polar surface area (TPSA) is 51.8 Å². The van der Waals surface area contributed by atoms with Crippen molar-refractivity contribution in [2.45, 2.75) is 39.4 Å². The molecule has 3 aromatic carbocycles. The zero-order valence-electron chi connectivity index (χ0n) is 26.4. The predicted octanol–water partition coefficient (Wildman–Crippen LogP) is 9.86. The van der Waals surface area contributed by atoms with Crippen LogP contribution in [0.1, 0.15) is 25.3 Å². The van der Waals surface area contributed by atoms with Crippen molar-refractivity contribution in [1.29, 1.82) is 0 Å². The predicted molar refractivity (Wildman–Crippen MR) is 185 cm³/mol. The van der Waals surface area contributed by atoms with Crippen LogP contribution >= 0.6 is 0 Å². The minimum atomic E-state index is -1.46. The molecule has 7 heteroatoms. The molecule has 7 rings (SSSR count). The summed E-state index contributed by atoms with van der Waals surface area (Å²) >= 11 is 0. The Morgan fingerprint density at radius 2 is 1.54 bits per heavy atom. The van der Waals surface area contributed by atoms with Crippen LogP contribution in [-0.2, 0) is 20.1 Å². The Kier molecular flexibility index (Phi) is 10.1. The Hall–Kier alpha value is -4.29. The number of fused-ring (bicyclic) bond motifs is 3. The normalized spacial score (nSPS) is 11.3. The molecular formula is C39H34FIrN3OSi-2. The second kappa shape index (κ2) is 14.0. The van der Waals surface area contributed by atoms with Crippen LogP contribution in [0.2, 0.25) is 19.6 Å². The van der Waals surface area contributed by atoms with Crippen LogP contribution in [0.25, 0.3) is 55.7 Å². The van der Waals surface area contributed by atoms with E-state index >= 15 is 0 Å². The largest absolute Gasteiger partial charge is 0.486 e. The maximum atomic E-state index is 14.1. The van der Waals surface area contributed by atoms with E-state index in [4.69, 9.17) is 9.40 Å². The first-order chi connectivity index (χ1) is 21.7. The molecule has 0 N–H and O–H groups in total. The van der Waals surface area contributed by atoms with E-state index in [0.29, 0.717) is 28.0 Å². The monoisotopic (exact) mass is 800 g/mol. The number of rotatable bonds is 5. The Bertz CT molecular complexity index is 2090. The Morgan fingerprint density at radius 1 is 0.783 bits per heavy atom. The van der Waals surface area contributed by atoms with E-state index in [0.717, 1.165) is 22.5 Å². The summed E-state index contributed by atoms with van der Waals surface area (Å²) in [5.74, 6) is 0.0560. The molecule has 0 spiro atoms. The van der Waals surface area contributed by atoms with Crippen molar-refractivity contribution >= 4 is 35.3 Å². The number of pyridine rings is 3. The maximum absolute atomic E-state index is 14.1. The summed E-state index contributed by atoms with van der Waals surface area (Å²) in [5.41, 5.74) is 8.13. The number of furan rings is 1. The third-order valence-corrected chi connectivity index (χ3v) is 9.79. The summed E-state index contributed by atoms with van der Waals surface area (Å²) in [6, 6.07) is 36.2. The van der Waals surface area contributed by atoms with E-state index in [2.05, 4.69) is 104 Å². The van der Waals surface area contributed by atoms with Crippen LogP contribution in [0.5, 0.6) is 0 Å². The Morgan fingerprint density at radius 3 is 2.26 bits per heavy atom. The fourth-order valence-electron chi connectivity index (χ4n) is 5.37. The van der Waals surface area contributed by atoms with Crippen molar-refractivity contribution < 1.29 is 28.9 Å². The van der Waals surface area contributed by atoms with Gasteiger partial charge in [0.1, 0.15) is 5.82 Å². The van der Waals surface area contributed by atoms with Gasteiger partial charge < -0.3 is 14.4 Å². The molecule has 4 aromatic heterocycles. The zero-order valence-corrected chi connectivity index (χ0v) is 29.8. The fraction of sp³-hybridized carbons (Fsp3) is 0.154. The van der Waals surface area contributed by atoms with Crippen LogP contribution in [0, 0.1) is 17.9 Å². The van der Waals surface area contributed by atoms with Crippen LogP contribution < -0.4 is 5.19 Å². The summed E-state index contributed by atoms with van der Waals surface area (Å²) in [7, 11) is -1.46. The number of hydrogen-bond donors (Lipinski definition) is 0. The van der Waals surface area contributed by atoms with Crippen molar-refractivity contribution in [3.63, 3.8) is 0 Å². The molecule has 0 unspecified atom stereocenters. The van der Waals surface area contributed by atoms with Crippen molar-refractivity contribution in [2.24, 2.45) is 0 Å². The minimum Gasteiger partial charge on any atom is -0.486 e. The maximum Gasteiger partial charge on any atom is 0.219 e. The number of benzene rings is 3. The van der Waals surface area contributed by atoms with Crippen molar-refractivity contribution in [2.75, 3.05) is 0 Å². The van der Waals surface area contributed by atoms with Gasteiger partial charge in [-0.05, 0) is 45.8 Å². The molecule has 7 aromatic rings. The van der Waals surface area contributed by atoms with Crippen LogP contribution in [0.4, 0.5) is 4.39 Å². The Labute approximate surface area is 284 Å². The van der Waals surface area contributed by atoms with Crippen molar-refractivity contribution in [1.82, 2.24) is 15.0 Å². The van der Waals surface area contributed by atoms with Gasteiger partial charge in [0, 0.05) is 38.7 Å². The molecule has 0 aliphatic heterocycles. The van der Waals surface area contributed by atoms with Gasteiger partial charge in [-0.3, -0.25) is 0 Å². The van der Waals surface area contributed by atoms with E-state index in [-0.39, 0.29) is 25.9 Å². The summed E-state index contributed by atoms with van der Waals surface area (Å²) in [5, 5.41) is 2.49. The molecule has 0 atom stereocenters. The van der Waals surface area contributed by atoms with E-state index in [1.165, 1.54) is 34.1 Å². The third-order valence-electron chi connectivity index (χ3n) is 7.77. The second-order valence-corrected chi connectivity index (χ2v) is 17.3. The molecule has 0 amide bonds. The first-order valence-electron chi connectivity index (χ1n) is 15.1. The molecule has 0 fully saturated rings. The summed E-state index contributed by atoms with van der Waals surface area (Å²) in [6.45, 7) is 11.4. The van der Waals surface area contributed by atoms with Gasteiger partial charge in [-0.1, -0.05) is 92.5 Å². The molecule has 0 aliphatic carbocycles. The SMILES string of the molecule is CC(C)c1ccnc(-c2[c-]ccc3c2oc2nccc(F)c23)c1.C[Si](C)(C)c1cnc(-c2[c-]cccc2)cc1-c1ccccc1.[Ir]. The van der Waals surface area contributed by atoms with Crippen LogP contribution in [-0.4, -0.2) is 23.0 Å². The average molecular weight is 800 g/mol. The van der Waals surface area contributed by atoms with Gasteiger partial charge in [-0.2, -0.15) is 0 Å². The first-order valence-corrected chi connectivity index (χ1v) is 18.6. The van der Waals surface area contributed by atoms with Gasteiger partial charge in [-0.25, -0.2) is 9.37 Å². The summed E-state index contributed by atoms with van der Waals surface area (Å²) in [6.07, 6.45) is 5.25. The molecule has 1 radical (unpaired) electrons. The molecule has 4 heterocycles. The van der Waals surface area contributed by atoms with Gasteiger partial charge in [0.05, 0.1) is 19.0 Å². The van der Waals surface area contributed by atoms with Gasteiger partial charge in [0.15, 0.2) is 0 Å². The molecule has 0 saturated heterocycles. The zero-order chi connectivity index (χ0) is 31.6. The van der Waals surface area contributed by atoms with E-state index < -0.39 is 8.07 Å². The number of hydrogen-bond acceptors (Lipinski definition) is 4.